The van der Waals surface area contributed by atoms with Gasteiger partial charge in [0.1, 0.15) is 5.82 Å². The van der Waals surface area contributed by atoms with Crippen molar-refractivity contribution in [3.05, 3.63) is 54.5 Å². The van der Waals surface area contributed by atoms with Crippen LogP contribution in [0.25, 0.3) is 11.3 Å². The van der Waals surface area contributed by atoms with Crippen LogP contribution in [-0.2, 0) is 30.7 Å². The van der Waals surface area contributed by atoms with Crippen molar-refractivity contribution in [1.82, 2.24) is 19.1 Å². The Bertz CT molecular complexity index is 945. The van der Waals surface area contributed by atoms with Gasteiger partial charge in [-0.25, -0.2) is 9.97 Å². The van der Waals surface area contributed by atoms with Gasteiger partial charge in [-0.1, -0.05) is 12.1 Å². The van der Waals surface area contributed by atoms with Gasteiger partial charge in [-0.2, -0.15) is 0 Å². The quantitative estimate of drug-likeness (QED) is 0.779. The lowest BCUT2D eigenvalue weighted by Gasteiger charge is -2.23. The summed E-state index contributed by atoms with van der Waals surface area (Å²) in [6.07, 6.45) is 11.1. The Kier molecular flexibility index (Phi) is 4.03. The van der Waals surface area contributed by atoms with Crippen molar-refractivity contribution in [2.24, 2.45) is 5.92 Å². The van der Waals surface area contributed by atoms with Gasteiger partial charge in [0.15, 0.2) is 0 Å². The van der Waals surface area contributed by atoms with Crippen LogP contribution in [-0.4, -0.2) is 25.0 Å². The molecule has 1 atom stereocenters. The van der Waals surface area contributed by atoms with E-state index >= 15 is 0 Å². The highest BCUT2D eigenvalue weighted by atomic mass is 16.1. The van der Waals surface area contributed by atoms with Gasteiger partial charge in [0.25, 0.3) is 0 Å². The molecule has 138 valence electrons. The van der Waals surface area contributed by atoms with Crippen molar-refractivity contribution >= 4 is 11.6 Å². The highest BCUT2D eigenvalue weighted by molar-refractivity contribution is 5.92. The van der Waals surface area contributed by atoms with Crippen LogP contribution in [0, 0.1) is 5.92 Å². The molecule has 2 aliphatic rings. The lowest BCUT2D eigenvalue weighted by atomic mass is 9.97. The molecule has 0 spiro atoms. The number of fused-ring (bicyclic) bond motifs is 2. The number of carbonyl (C=O) groups is 1. The molecule has 0 bridgehead atoms. The first-order valence-corrected chi connectivity index (χ1v) is 9.72. The number of aromatic nitrogens is 4. The van der Waals surface area contributed by atoms with Crippen LogP contribution in [0.2, 0.25) is 0 Å². The molecule has 6 heteroatoms. The molecule has 5 rings (SSSR count). The highest BCUT2D eigenvalue weighted by Gasteiger charge is 2.24. The van der Waals surface area contributed by atoms with Crippen LogP contribution >= 0.6 is 0 Å². The van der Waals surface area contributed by atoms with E-state index in [1.807, 2.05) is 36.8 Å². The number of rotatable bonds is 3. The molecule has 0 fully saturated rings. The van der Waals surface area contributed by atoms with Crippen molar-refractivity contribution in [3.63, 3.8) is 0 Å². The molecular weight excluding hydrogens is 338 g/mol. The van der Waals surface area contributed by atoms with E-state index in [1.54, 1.807) is 0 Å². The van der Waals surface area contributed by atoms with Gasteiger partial charge in [0.2, 0.25) is 5.91 Å². The number of nitrogens with zero attached hydrogens (tertiary/aromatic N) is 4. The zero-order valence-corrected chi connectivity index (χ0v) is 15.3. The predicted octanol–water partition coefficient (Wildman–Crippen LogP) is 3.28. The minimum atomic E-state index is -0.00811. The molecule has 0 aliphatic carbocycles. The normalized spacial score (nSPS) is 18.6. The number of aryl methyl sites for hydroxylation is 3. The maximum Gasteiger partial charge on any atom is 0.229 e. The Morgan fingerprint density at radius 2 is 2.00 bits per heavy atom. The summed E-state index contributed by atoms with van der Waals surface area (Å²) in [5, 5.41) is 3.06. The summed E-state index contributed by atoms with van der Waals surface area (Å²) in [6, 6.07) is 8.02. The molecule has 0 unspecified atom stereocenters. The molecule has 1 amide bonds. The number of hydrogen-bond acceptors (Lipinski definition) is 3. The summed E-state index contributed by atoms with van der Waals surface area (Å²) in [4.78, 5) is 21.6. The van der Waals surface area contributed by atoms with E-state index < -0.39 is 0 Å². The van der Waals surface area contributed by atoms with E-state index in [2.05, 4.69) is 25.6 Å². The minimum Gasteiger partial charge on any atom is -0.334 e. The fourth-order valence-electron chi connectivity index (χ4n) is 4.11. The van der Waals surface area contributed by atoms with Crippen molar-refractivity contribution < 1.29 is 4.79 Å². The van der Waals surface area contributed by atoms with Gasteiger partial charge < -0.3 is 14.5 Å². The summed E-state index contributed by atoms with van der Waals surface area (Å²) in [5.41, 5.74) is 4.16. The molecule has 6 nitrogen and oxygen atoms in total. The second-order valence-electron chi connectivity index (χ2n) is 7.53. The Morgan fingerprint density at radius 3 is 2.85 bits per heavy atom. The monoisotopic (exact) mass is 361 g/mol. The fraction of sp³-hybridized carbons (Fsp3) is 0.381. The van der Waals surface area contributed by atoms with Crippen LogP contribution < -0.4 is 5.32 Å². The van der Waals surface area contributed by atoms with Crippen LogP contribution in [0.4, 0.5) is 5.69 Å². The molecule has 1 aromatic carbocycles. The number of imidazole rings is 2. The van der Waals surface area contributed by atoms with E-state index in [1.165, 1.54) is 24.4 Å². The Hall–Kier alpha value is -2.89. The van der Waals surface area contributed by atoms with E-state index in [0.717, 1.165) is 42.8 Å². The Labute approximate surface area is 158 Å². The largest absolute Gasteiger partial charge is 0.334 e. The first-order valence-electron chi connectivity index (χ1n) is 9.72. The van der Waals surface area contributed by atoms with Crippen molar-refractivity contribution in [1.29, 1.82) is 0 Å². The molecule has 1 N–H and O–H groups in total. The summed E-state index contributed by atoms with van der Waals surface area (Å²) in [6.45, 7) is 1.77. The molecular formula is C21H23N5O. The summed E-state index contributed by atoms with van der Waals surface area (Å²) in [7, 11) is 0. The van der Waals surface area contributed by atoms with Gasteiger partial charge in [0.05, 0.1) is 17.9 Å². The number of nitrogens with one attached hydrogen (secondary N) is 1. The second kappa shape index (κ2) is 6.68. The zero-order chi connectivity index (χ0) is 18.2. The smallest absolute Gasteiger partial charge is 0.229 e. The van der Waals surface area contributed by atoms with Crippen LogP contribution in [0.1, 0.15) is 30.8 Å². The molecule has 27 heavy (non-hydrogen) atoms. The molecule has 4 heterocycles. The molecule has 3 aromatic rings. The number of hydrogen-bond donors (Lipinski definition) is 1. The van der Waals surface area contributed by atoms with E-state index in [-0.39, 0.29) is 11.8 Å². The fourth-order valence-corrected chi connectivity index (χ4v) is 4.11. The first-order chi connectivity index (χ1) is 13.3. The van der Waals surface area contributed by atoms with Crippen molar-refractivity contribution in [2.45, 2.75) is 45.2 Å². The average Bonchev–Trinajstić information content (AvgIpc) is 3.34. The van der Waals surface area contributed by atoms with Gasteiger partial charge in [-0.3, -0.25) is 4.79 Å². The first kappa shape index (κ1) is 16.3. The maximum absolute atomic E-state index is 12.6. The Morgan fingerprint density at radius 1 is 1.11 bits per heavy atom. The summed E-state index contributed by atoms with van der Waals surface area (Å²) in [5.74, 6) is 1.26. The standard InChI is InChI=1S/C21H23N5O/c27-21(16-6-9-18-11-22-14-26(18)12-16)23-17-7-4-15(5-8-17)19-13-25-10-2-1-3-20(25)24-19/h4-5,7-8,11,13-14,16H,1-3,6,9-10,12H2,(H,23,27)/t16-/m0/s1. The number of benzene rings is 1. The number of anilines is 1. The van der Waals surface area contributed by atoms with Gasteiger partial charge >= 0.3 is 0 Å². The van der Waals surface area contributed by atoms with Crippen LogP contribution in [0.15, 0.2) is 43.0 Å². The molecule has 0 saturated carbocycles. The summed E-state index contributed by atoms with van der Waals surface area (Å²) >= 11 is 0. The Balaban J connectivity index is 1.27. The van der Waals surface area contributed by atoms with Crippen LogP contribution in [0.3, 0.4) is 0 Å². The van der Waals surface area contributed by atoms with Crippen molar-refractivity contribution in [2.75, 3.05) is 5.32 Å². The zero-order valence-electron chi connectivity index (χ0n) is 15.3. The highest BCUT2D eigenvalue weighted by Crippen LogP contribution is 2.25. The van der Waals surface area contributed by atoms with E-state index in [9.17, 15) is 4.79 Å². The molecule has 0 saturated heterocycles. The van der Waals surface area contributed by atoms with Gasteiger partial charge in [-0.15, -0.1) is 0 Å². The van der Waals surface area contributed by atoms with E-state index in [0.29, 0.717) is 6.54 Å². The van der Waals surface area contributed by atoms with Gasteiger partial charge in [0, 0.05) is 48.8 Å². The van der Waals surface area contributed by atoms with Gasteiger partial charge in [-0.05, 0) is 37.8 Å². The molecule has 0 radical (unpaired) electrons. The van der Waals surface area contributed by atoms with E-state index in [4.69, 9.17) is 4.98 Å². The topological polar surface area (TPSA) is 64.7 Å². The van der Waals surface area contributed by atoms with Crippen molar-refractivity contribution in [3.8, 4) is 11.3 Å². The third kappa shape index (κ3) is 3.16. The lowest BCUT2D eigenvalue weighted by molar-refractivity contribution is -0.120. The number of amides is 1. The second-order valence-corrected chi connectivity index (χ2v) is 7.53. The average molecular weight is 361 g/mol. The molecule has 2 aromatic heterocycles. The minimum absolute atomic E-state index is 0.00811. The SMILES string of the molecule is O=C(Nc1ccc(-c2cn3c(n2)CCCC3)cc1)[C@H]1CCc2cncn2C1. The third-order valence-corrected chi connectivity index (χ3v) is 5.69. The van der Waals surface area contributed by atoms with Crippen LogP contribution in [0.5, 0.6) is 0 Å². The third-order valence-electron chi connectivity index (χ3n) is 5.69. The maximum atomic E-state index is 12.6. The summed E-state index contributed by atoms with van der Waals surface area (Å²) < 4.78 is 4.35. The lowest BCUT2D eigenvalue weighted by Crippen LogP contribution is -2.30. The number of carbonyl (C=O) groups excluding carboxylic acids is 1. The molecule has 2 aliphatic heterocycles. The predicted molar refractivity (Wildman–Crippen MR) is 103 cm³/mol.